The van der Waals surface area contributed by atoms with E-state index in [1.165, 1.54) is 0 Å². The summed E-state index contributed by atoms with van der Waals surface area (Å²) in [6, 6.07) is 0.760. The van der Waals surface area contributed by atoms with Crippen LogP contribution in [0.15, 0.2) is 0 Å². The van der Waals surface area contributed by atoms with Gasteiger partial charge in [0.2, 0.25) is 9.76 Å². The maximum Gasteiger partial charge on any atom is 0.295 e. The minimum atomic E-state index is -2.10. The summed E-state index contributed by atoms with van der Waals surface area (Å²) in [5, 5.41) is 0. The third-order valence-electron chi connectivity index (χ3n) is 4.10. The van der Waals surface area contributed by atoms with Crippen molar-refractivity contribution in [3.8, 4) is 0 Å². The first-order valence-corrected chi connectivity index (χ1v) is 11.4. The van der Waals surface area contributed by atoms with Crippen molar-refractivity contribution in [2.75, 3.05) is 0 Å². The highest BCUT2D eigenvalue weighted by molar-refractivity contribution is 6.78. The zero-order chi connectivity index (χ0) is 16.8. The predicted octanol–water partition coefficient (Wildman–Crippen LogP) is 4.80. The molecule has 0 aromatic rings. The molecule has 0 saturated heterocycles. The second kappa shape index (κ2) is 9.10. The zero-order valence-corrected chi connectivity index (χ0v) is 17.3. The molecule has 0 heterocycles. The molecule has 0 aromatic heterocycles. The Bertz CT molecular complexity index is 293. The Morgan fingerprint density at radius 3 is 1.67 bits per heavy atom. The first-order chi connectivity index (χ1) is 9.55. The standard InChI is InChI=1S/C16H34O3Si2/c1-11(2)18-20-10-15(9)16(17)19-21(12(3)4,13(5)6)14(7)8/h11-15H,10H2,1-9H3. The van der Waals surface area contributed by atoms with E-state index in [-0.39, 0.29) is 18.0 Å². The maximum absolute atomic E-state index is 12.5. The van der Waals surface area contributed by atoms with Gasteiger partial charge < -0.3 is 8.85 Å². The highest BCUT2D eigenvalue weighted by Gasteiger charge is 2.48. The van der Waals surface area contributed by atoms with Crippen LogP contribution in [0.2, 0.25) is 22.7 Å². The van der Waals surface area contributed by atoms with E-state index in [1.54, 1.807) is 0 Å². The van der Waals surface area contributed by atoms with Crippen molar-refractivity contribution in [1.82, 2.24) is 0 Å². The normalized spacial score (nSPS) is 14.3. The van der Waals surface area contributed by atoms with Crippen LogP contribution in [-0.4, -0.2) is 30.2 Å². The van der Waals surface area contributed by atoms with Crippen LogP contribution in [0.1, 0.15) is 62.3 Å². The molecular formula is C16H34O3Si2. The van der Waals surface area contributed by atoms with Gasteiger partial charge in [-0.25, -0.2) is 0 Å². The summed E-state index contributed by atoms with van der Waals surface area (Å²) in [5.74, 6) is -0.108. The van der Waals surface area contributed by atoms with Gasteiger partial charge in [0, 0.05) is 6.10 Å². The van der Waals surface area contributed by atoms with E-state index in [4.69, 9.17) is 8.85 Å². The Hall–Kier alpha value is -0.136. The van der Waals surface area contributed by atoms with Crippen molar-refractivity contribution in [3.63, 3.8) is 0 Å². The van der Waals surface area contributed by atoms with Gasteiger partial charge in [-0.1, -0.05) is 48.5 Å². The first-order valence-electron chi connectivity index (χ1n) is 8.16. The molecule has 21 heavy (non-hydrogen) atoms. The highest BCUT2D eigenvalue weighted by Crippen LogP contribution is 2.42. The fraction of sp³-hybridized carbons (Fsp3) is 0.938. The van der Waals surface area contributed by atoms with Crippen LogP contribution < -0.4 is 0 Å². The molecule has 0 fully saturated rings. The SMILES string of the molecule is CC(C)O[Si]CC(C)C(=O)O[Si](C(C)C)(C(C)C)C(C)C. The summed E-state index contributed by atoms with van der Waals surface area (Å²) < 4.78 is 11.8. The van der Waals surface area contributed by atoms with Gasteiger partial charge in [0.1, 0.15) is 0 Å². The molecule has 0 saturated carbocycles. The van der Waals surface area contributed by atoms with Gasteiger partial charge in [0.25, 0.3) is 14.3 Å². The Labute approximate surface area is 135 Å². The molecule has 2 radical (unpaired) electrons. The summed E-state index contributed by atoms with van der Waals surface area (Å²) in [6.07, 6.45) is 0.224. The molecule has 1 unspecified atom stereocenters. The molecule has 5 heteroatoms. The van der Waals surface area contributed by atoms with E-state index in [2.05, 4.69) is 41.5 Å². The summed E-state index contributed by atoms with van der Waals surface area (Å²) >= 11 is 0. The second-order valence-electron chi connectivity index (χ2n) is 7.15. The largest absolute Gasteiger partial charge is 0.518 e. The van der Waals surface area contributed by atoms with Gasteiger partial charge in [-0.05, 0) is 36.5 Å². The van der Waals surface area contributed by atoms with E-state index >= 15 is 0 Å². The van der Waals surface area contributed by atoms with Crippen LogP contribution in [0, 0.1) is 5.92 Å². The lowest BCUT2D eigenvalue weighted by atomic mass is 10.2. The Morgan fingerprint density at radius 1 is 0.905 bits per heavy atom. The van der Waals surface area contributed by atoms with E-state index in [0.29, 0.717) is 26.4 Å². The minimum absolute atomic E-state index is 0.0300. The van der Waals surface area contributed by atoms with Crippen molar-refractivity contribution in [1.29, 1.82) is 0 Å². The fourth-order valence-electron chi connectivity index (χ4n) is 3.05. The number of hydrogen-bond acceptors (Lipinski definition) is 3. The van der Waals surface area contributed by atoms with Gasteiger partial charge in [-0.15, -0.1) is 0 Å². The molecule has 0 bridgehead atoms. The van der Waals surface area contributed by atoms with Gasteiger partial charge in [-0.3, -0.25) is 4.79 Å². The maximum atomic E-state index is 12.5. The van der Waals surface area contributed by atoms with Gasteiger partial charge in [-0.2, -0.15) is 0 Å². The van der Waals surface area contributed by atoms with E-state index < -0.39 is 8.32 Å². The minimum Gasteiger partial charge on any atom is -0.518 e. The lowest BCUT2D eigenvalue weighted by Crippen LogP contribution is -2.50. The van der Waals surface area contributed by atoms with Gasteiger partial charge >= 0.3 is 0 Å². The number of carbonyl (C=O) groups is 1. The second-order valence-corrected chi connectivity index (χ2v) is 13.5. The molecule has 0 rings (SSSR count). The van der Waals surface area contributed by atoms with Crippen LogP contribution in [0.3, 0.4) is 0 Å². The van der Waals surface area contributed by atoms with Crippen molar-refractivity contribution in [2.45, 2.75) is 91.1 Å². The molecule has 124 valence electrons. The molecular weight excluding hydrogens is 296 g/mol. The average Bonchev–Trinajstić information content (AvgIpc) is 2.33. The predicted molar refractivity (Wildman–Crippen MR) is 93.1 cm³/mol. The summed E-state index contributed by atoms with van der Waals surface area (Å²) in [6.45, 7) is 19.2. The van der Waals surface area contributed by atoms with Crippen LogP contribution >= 0.6 is 0 Å². The number of hydrogen-bond donors (Lipinski definition) is 0. The summed E-state index contributed by atoms with van der Waals surface area (Å²) in [4.78, 5) is 12.5. The molecule has 0 aliphatic carbocycles. The molecule has 0 N–H and O–H groups in total. The van der Waals surface area contributed by atoms with Crippen LogP contribution in [0.25, 0.3) is 0 Å². The molecule has 0 amide bonds. The van der Waals surface area contributed by atoms with E-state index in [1.807, 2.05) is 20.8 Å². The van der Waals surface area contributed by atoms with Crippen molar-refractivity contribution in [2.24, 2.45) is 5.92 Å². The first kappa shape index (κ1) is 20.9. The van der Waals surface area contributed by atoms with E-state index in [0.717, 1.165) is 6.04 Å². The molecule has 0 aromatic carbocycles. The number of carbonyl (C=O) groups excluding carboxylic acids is 1. The smallest absolute Gasteiger partial charge is 0.295 e. The lowest BCUT2D eigenvalue weighted by Gasteiger charge is -2.41. The molecule has 1 atom stereocenters. The Balaban J connectivity index is 4.82. The quantitative estimate of drug-likeness (QED) is 0.569. The Morgan fingerprint density at radius 2 is 1.33 bits per heavy atom. The number of rotatable bonds is 9. The third-order valence-corrected chi connectivity index (χ3v) is 11.5. The molecule has 0 spiro atoms. The highest BCUT2D eigenvalue weighted by atomic mass is 28.4. The molecule has 0 aliphatic rings. The van der Waals surface area contributed by atoms with Crippen LogP contribution in [0.5, 0.6) is 0 Å². The lowest BCUT2D eigenvalue weighted by molar-refractivity contribution is -0.139. The third kappa shape index (κ3) is 5.87. The average molecular weight is 331 g/mol. The van der Waals surface area contributed by atoms with Crippen molar-refractivity contribution in [3.05, 3.63) is 0 Å². The van der Waals surface area contributed by atoms with Crippen LogP contribution in [0.4, 0.5) is 0 Å². The molecule has 3 nitrogen and oxygen atoms in total. The summed E-state index contributed by atoms with van der Waals surface area (Å²) in [7, 11) is -1.73. The van der Waals surface area contributed by atoms with Gasteiger partial charge in [0.15, 0.2) is 0 Å². The monoisotopic (exact) mass is 330 g/mol. The topological polar surface area (TPSA) is 35.5 Å². The van der Waals surface area contributed by atoms with Crippen LogP contribution in [-0.2, 0) is 13.6 Å². The zero-order valence-electron chi connectivity index (χ0n) is 15.3. The summed E-state index contributed by atoms with van der Waals surface area (Å²) in [5.41, 5.74) is 1.30. The van der Waals surface area contributed by atoms with Crippen molar-refractivity contribution >= 4 is 24.0 Å². The van der Waals surface area contributed by atoms with Gasteiger partial charge in [0.05, 0.1) is 5.92 Å². The fourth-order valence-corrected chi connectivity index (χ4v) is 9.15. The van der Waals surface area contributed by atoms with E-state index in [9.17, 15) is 4.79 Å². The Kier molecular flexibility index (Phi) is 9.05. The van der Waals surface area contributed by atoms with Crippen molar-refractivity contribution < 1.29 is 13.6 Å². The molecule has 0 aliphatic heterocycles.